The second-order valence-corrected chi connectivity index (χ2v) is 8.57. The normalized spacial score (nSPS) is 10.8. The number of carbonyl (C=O) groups excluding carboxylic acids is 2. The van der Waals surface area contributed by atoms with Gasteiger partial charge in [0, 0.05) is 37.1 Å². The number of aromatic nitrogens is 2. The topological polar surface area (TPSA) is 135 Å². The Balaban J connectivity index is 1.73. The van der Waals surface area contributed by atoms with Gasteiger partial charge in [-0.05, 0) is 43.2 Å². The summed E-state index contributed by atoms with van der Waals surface area (Å²) < 4.78 is 24.3. The summed E-state index contributed by atoms with van der Waals surface area (Å²) in [6, 6.07) is 9.50. The molecule has 4 N–H and O–H groups in total. The minimum Gasteiger partial charge on any atom is -0.491 e. The molecule has 0 fully saturated rings. The van der Waals surface area contributed by atoms with E-state index in [4.69, 9.17) is 26.3 Å². The second-order valence-electron chi connectivity index (χ2n) is 8.17. The summed E-state index contributed by atoms with van der Waals surface area (Å²) >= 11 is 5.92. The van der Waals surface area contributed by atoms with Crippen LogP contribution in [-0.2, 0) is 14.3 Å². The van der Waals surface area contributed by atoms with Crippen LogP contribution in [0, 0.1) is 5.82 Å². The summed E-state index contributed by atoms with van der Waals surface area (Å²) in [5.41, 5.74) is 2.64. The number of hydroxylamine groups is 1. The van der Waals surface area contributed by atoms with E-state index < -0.39 is 11.7 Å². The Labute approximate surface area is 218 Å². The van der Waals surface area contributed by atoms with Gasteiger partial charge in [0.25, 0.3) is 0 Å². The van der Waals surface area contributed by atoms with Crippen molar-refractivity contribution in [2.24, 2.45) is 0 Å². The third kappa shape index (κ3) is 8.81. The highest BCUT2D eigenvalue weighted by atomic mass is 35.5. The third-order valence-electron chi connectivity index (χ3n) is 5.34. The zero-order valence-electron chi connectivity index (χ0n) is 20.4. The Bertz CT molecular complexity index is 1230. The van der Waals surface area contributed by atoms with Gasteiger partial charge in [-0.2, -0.15) is 4.98 Å². The monoisotopic (exact) mass is 533 g/mol. The molecule has 0 aliphatic carbocycles. The fraction of sp³-hybridized carbons (Fsp3) is 0.360. The molecule has 0 aliphatic rings. The number of benzene rings is 2. The molecule has 12 heteroatoms. The number of nitrogens with one attached hydrogen (secondary N) is 3. The molecule has 0 unspecified atom stereocenters. The molecular weight excluding hydrogens is 505 g/mol. The summed E-state index contributed by atoms with van der Waals surface area (Å²) in [5, 5.41) is 15.0. The van der Waals surface area contributed by atoms with Gasteiger partial charge in [0.1, 0.15) is 24.0 Å². The molecule has 198 valence electrons. The third-order valence-corrected chi connectivity index (χ3v) is 5.63. The van der Waals surface area contributed by atoms with Crippen molar-refractivity contribution >= 4 is 51.8 Å². The molecule has 0 atom stereocenters. The summed E-state index contributed by atoms with van der Waals surface area (Å²) in [6.07, 6.45) is 3.25. The molecule has 1 heterocycles. The van der Waals surface area contributed by atoms with Crippen LogP contribution in [0.4, 0.5) is 21.8 Å². The molecule has 0 bridgehead atoms. The Kier molecular flexibility index (Phi) is 10.8. The molecule has 0 saturated heterocycles. The molecule has 3 rings (SSSR count). The van der Waals surface area contributed by atoms with E-state index in [0.717, 1.165) is 12.8 Å². The first kappa shape index (κ1) is 28.0. The van der Waals surface area contributed by atoms with E-state index in [1.807, 2.05) is 0 Å². The molecule has 3 aromatic rings. The predicted octanol–water partition coefficient (Wildman–Crippen LogP) is 4.98. The van der Waals surface area contributed by atoms with Crippen LogP contribution in [0.2, 0.25) is 5.02 Å². The molecule has 0 radical (unpaired) electrons. The lowest BCUT2D eigenvalue weighted by atomic mass is 10.1. The maximum absolute atomic E-state index is 13.6. The summed E-state index contributed by atoms with van der Waals surface area (Å²) in [7, 11) is 1.58. The lowest BCUT2D eigenvalue weighted by Gasteiger charge is -2.13. The molecule has 0 aliphatic heterocycles. The van der Waals surface area contributed by atoms with Crippen molar-refractivity contribution in [3.8, 4) is 5.75 Å². The van der Waals surface area contributed by atoms with E-state index in [2.05, 4.69) is 20.6 Å². The minimum absolute atomic E-state index is 0.0392. The van der Waals surface area contributed by atoms with E-state index in [1.54, 1.807) is 30.8 Å². The number of fused-ring (bicyclic) bond motifs is 1. The van der Waals surface area contributed by atoms with Gasteiger partial charge >= 0.3 is 0 Å². The van der Waals surface area contributed by atoms with E-state index in [9.17, 15) is 14.0 Å². The van der Waals surface area contributed by atoms with Crippen molar-refractivity contribution < 1.29 is 28.7 Å². The van der Waals surface area contributed by atoms with Crippen molar-refractivity contribution in [3.05, 3.63) is 47.2 Å². The zero-order valence-corrected chi connectivity index (χ0v) is 21.1. The lowest BCUT2D eigenvalue weighted by Crippen LogP contribution is -2.17. The van der Waals surface area contributed by atoms with Crippen molar-refractivity contribution in [3.63, 3.8) is 0 Å². The van der Waals surface area contributed by atoms with Gasteiger partial charge in [0.15, 0.2) is 0 Å². The number of amides is 2. The highest BCUT2D eigenvalue weighted by Gasteiger charge is 2.13. The summed E-state index contributed by atoms with van der Waals surface area (Å²) in [5.74, 6) is -0.148. The van der Waals surface area contributed by atoms with E-state index >= 15 is 0 Å². The standard InChI is InChI=1S/C25H29ClFN5O5/c1-36-12-13-37-17-9-10-18-21(15-17)29-25(30-22(33)6-4-2-3-5-7-23(34)32-35)31-24(18)28-16-8-11-20(27)19(26)14-16/h8-11,14-15,35H,2-7,12-13H2,1H3,(H,32,34)(H2,28,29,30,31,33). The van der Waals surface area contributed by atoms with Crippen LogP contribution < -0.4 is 20.9 Å². The Morgan fingerprint density at radius 1 is 1.00 bits per heavy atom. The van der Waals surface area contributed by atoms with Crippen LogP contribution in [0.5, 0.6) is 5.75 Å². The maximum atomic E-state index is 13.6. The fourth-order valence-electron chi connectivity index (χ4n) is 3.47. The van der Waals surface area contributed by atoms with E-state index in [-0.39, 0.29) is 29.7 Å². The number of halogens is 2. The number of hydrogen-bond donors (Lipinski definition) is 4. The number of carbonyl (C=O) groups is 2. The first-order valence-corrected chi connectivity index (χ1v) is 12.2. The molecule has 2 amide bonds. The first-order chi connectivity index (χ1) is 17.9. The van der Waals surface area contributed by atoms with Crippen LogP contribution >= 0.6 is 11.6 Å². The Morgan fingerprint density at radius 2 is 1.76 bits per heavy atom. The molecule has 0 saturated carbocycles. The van der Waals surface area contributed by atoms with Crippen LogP contribution in [-0.4, -0.2) is 47.3 Å². The van der Waals surface area contributed by atoms with E-state index in [0.29, 0.717) is 54.2 Å². The Hall–Kier alpha value is -3.54. The molecule has 37 heavy (non-hydrogen) atoms. The quantitative estimate of drug-likeness (QED) is 0.129. The lowest BCUT2D eigenvalue weighted by molar-refractivity contribution is -0.129. The number of ether oxygens (including phenoxy) is 2. The van der Waals surface area contributed by atoms with Crippen LogP contribution in [0.25, 0.3) is 10.9 Å². The van der Waals surface area contributed by atoms with Crippen LogP contribution in [0.3, 0.4) is 0 Å². The molecule has 1 aromatic heterocycles. The number of rotatable bonds is 14. The second kappa shape index (κ2) is 14.3. The highest BCUT2D eigenvalue weighted by molar-refractivity contribution is 6.31. The summed E-state index contributed by atoms with van der Waals surface area (Å²) in [4.78, 5) is 32.5. The van der Waals surface area contributed by atoms with Gasteiger partial charge in [0.05, 0.1) is 17.1 Å². The van der Waals surface area contributed by atoms with Gasteiger partial charge in [0.2, 0.25) is 17.8 Å². The Morgan fingerprint density at radius 3 is 2.46 bits per heavy atom. The molecule has 10 nitrogen and oxygen atoms in total. The molecule has 0 spiro atoms. The number of unbranched alkanes of at least 4 members (excludes halogenated alkanes) is 3. The molecule has 2 aromatic carbocycles. The largest absolute Gasteiger partial charge is 0.491 e. The van der Waals surface area contributed by atoms with Gasteiger partial charge in [-0.3, -0.25) is 20.1 Å². The number of anilines is 3. The van der Waals surface area contributed by atoms with Crippen molar-refractivity contribution in [2.45, 2.75) is 38.5 Å². The SMILES string of the molecule is COCCOc1ccc2c(Nc3ccc(F)c(Cl)c3)nc(NC(=O)CCCCCCC(=O)NO)nc2c1. The zero-order chi connectivity index (χ0) is 26.6. The average molecular weight is 534 g/mol. The van der Waals surface area contributed by atoms with Crippen molar-refractivity contribution in [1.29, 1.82) is 0 Å². The molecular formula is C25H29ClFN5O5. The first-order valence-electron chi connectivity index (χ1n) is 11.8. The summed E-state index contributed by atoms with van der Waals surface area (Å²) in [6.45, 7) is 0.788. The smallest absolute Gasteiger partial charge is 0.243 e. The van der Waals surface area contributed by atoms with E-state index in [1.165, 1.54) is 18.2 Å². The van der Waals surface area contributed by atoms with Crippen molar-refractivity contribution in [1.82, 2.24) is 15.4 Å². The number of methoxy groups -OCH3 is 1. The average Bonchev–Trinajstić information content (AvgIpc) is 2.88. The highest BCUT2D eigenvalue weighted by Crippen LogP contribution is 2.29. The van der Waals surface area contributed by atoms with Crippen LogP contribution in [0.1, 0.15) is 38.5 Å². The van der Waals surface area contributed by atoms with Crippen LogP contribution in [0.15, 0.2) is 36.4 Å². The number of nitrogens with zero attached hydrogens (tertiary/aromatic N) is 2. The van der Waals surface area contributed by atoms with Gasteiger partial charge in [-0.15, -0.1) is 0 Å². The maximum Gasteiger partial charge on any atom is 0.243 e. The van der Waals surface area contributed by atoms with Gasteiger partial charge in [-0.1, -0.05) is 24.4 Å². The van der Waals surface area contributed by atoms with Gasteiger partial charge < -0.3 is 14.8 Å². The van der Waals surface area contributed by atoms with Gasteiger partial charge in [-0.25, -0.2) is 14.9 Å². The number of hydrogen-bond acceptors (Lipinski definition) is 8. The fourth-order valence-corrected chi connectivity index (χ4v) is 3.65. The predicted molar refractivity (Wildman–Crippen MR) is 138 cm³/mol. The minimum atomic E-state index is -0.540. The van der Waals surface area contributed by atoms with Crippen molar-refractivity contribution in [2.75, 3.05) is 31.0 Å².